The van der Waals surface area contributed by atoms with Crippen LogP contribution in [0, 0.1) is 11.3 Å². The topological polar surface area (TPSA) is 50.4 Å². The molecule has 2 aliphatic rings. The highest BCUT2D eigenvalue weighted by atomic mass is 35.5. The van der Waals surface area contributed by atoms with Crippen molar-refractivity contribution in [2.75, 3.05) is 25.0 Å². The van der Waals surface area contributed by atoms with Crippen LogP contribution >= 0.6 is 12.4 Å². The lowest BCUT2D eigenvalue weighted by atomic mass is 9.67. The molecule has 0 unspecified atom stereocenters. The van der Waals surface area contributed by atoms with E-state index in [9.17, 15) is 4.79 Å². The van der Waals surface area contributed by atoms with E-state index in [-0.39, 0.29) is 23.7 Å². The maximum Gasteiger partial charge on any atom is 0.232 e. The molecule has 0 spiro atoms. The molecular weight excluding hydrogens is 312 g/mol. The number of fused-ring (bicyclic) bond motifs is 1. The molecule has 3 rings (SSSR count). The zero-order chi connectivity index (χ0) is 15.4. The molecule has 2 atom stereocenters. The molecular formula is C18H27ClN2O2. The molecule has 1 heterocycles. The zero-order valence-corrected chi connectivity index (χ0v) is 14.6. The monoisotopic (exact) mass is 338 g/mol. The summed E-state index contributed by atoms with van der Waals surface area (Å²) in [6, 6.07) is 7.99. The molecule has 1 saturated carbocycles. The third-order valence-electron chi connectivity index (χ3n) is 5.18. The smallest absolute Gasteiger partial charge is 0.232 e. The van der Waals surface area contributed by atoms with Gasteiger partial charge in [0.1, 0.15) is 0 Å². The van der Waals surface area contributed by atoms with Crippen molar-refractivity contribution in [3.05, 3.63) is 29.8 Å². The summed E-state index contributed by atoms with van der Waals surface area (Å²) in [6.07, 6.45) is 4.61. The molecule has 1 aromatic carbocycles. The summed E-state index contributed by atoms with van der Waals surface area (Å²) >= 11 is 0. The van der Waals surface area contributed by atoms with E-state index in [1.165, 1.54) is 19.3 Å². The summed E-state index contributed by atoms with van der Waals surface area (Å²) in [7, 11) is 0. The standard InChI is InChI=1S/C18H26N2O2.ClH/c1-2-22-12-14-6-8-16(9-7-14)20-17(21)18-10-4-3-5-15(18)11-19-13-18;/h6-9,15,19H,2-5,10-13H2,1H3,(H,20,21);1H/t15-,18+;/m0./s1. The van der Waals surface area contributed by atoms with Crippen molar-refractivity contribution in [2.45, 2.75) is 39.2 Å². The number of halogens is 1. The summed E-state index contributed by atoms with van der Waals surface area (Å²) < 4.78 is 5.40. The van der Waals surface area contributed by atoms with Crippen molar-refractivity contribution in [3.63, 3.8) is 0 Å². The zero-order valence-electron chi connectivity index (χ0n) is 13.8. The van der Waals surface area contributed by atoms with Crippen LogP contribution in [-0.2, 0) is 16.1 Å². The number of benzene rings is 1. The molecule has 1 saturated heterocycles. The number of amides is 1. The van der Waals surface area contributed by atoms with Gasteiger partial charge in [0.2, 0.25) is 5.91 Å². The second kappa shape index (κ2) is 8.13. The summed E-state index contributed by atoms with van der Waals surface area (Å²) in [4.78, 5) is 12.9. The van der Waals surface area contributed by atoms with E-state index in [0.29, 0.717) is 12.5 Å². The van der Waals surface area contributed by atoms with Crippen molar-refractivity contribution in [1.29, 1.82) is 0 Å². The van der Waals surface area contributed by atoms with Crippen molar-refractivity contribution >= 4 is 24.0 Å². The van der Waals surface area contributed by atoms with Crippen molar-refractivity contribution < 1.29 is 9.53 Å². The Labute approximate surface area is 144 Å². The van der Waals surface area contributed by atoms with Gasteiger partial charge in [-0.3, -0.25) is 4.79 Å². The average Bonchev–Trinajstić information content (AvgIpc) is 2.99. The van der Waals surface area contributed by atoms with Gasteiger partial charge in [0.05, 0.1) is 12.0 Å². The average molecular weight is 339 g/mol. The van der Waals surface area contributed by atoms with Crippen LogP contribution in [0.2, 0.25) is 0 Å². The fraction of sp³-hybridized carbons (Fsp3) is 0.611. The predicted octanol–water partition coefficient (Wildman–Crippen LogP) is 3.36. The van der Waals surface area contributed by atoms with Crippen LogP contribution in [0.15, 0.2) is 24.3 Å². The van der Waals surface area contributed by atoms with Crippen LogP contribution in [-0.4, -0.2) is 25.6 Å². The summed E-state index contributed by atoms with van der Waals surface area (Å²) in [5, 5.41) is 6.56. The Morgan fingerprint density at radius 2 is 2.13 bits per heavy atom. The number of rotatable bonds is 5. The number of carbonyl (C=O) groups excluding carboxylic acids is 1. The van der Waals surface area contributed by atoms with Crippen LogP contribution in [0.1, 0.15) is 38.2 Å². The van der Waals surface area contributed by atoms with Gasteiger partial charge in [-0.25, -0.2) is 0 Å². The Balaban J connectivity index is 0.00000192. The Morgan fingerprint density at radius 3 is 2.87 bits per heavy atom. The van der Waals surface area contributed by atoms with E-state index in [1.807, 2.05) is 31.2 Å². The van der Waals surface area contributed by atoms with Gasteiger partial charge in [0.25, 0.3) is 0 Å². The fourth-order valence-corrected chi connectivity index (χ4v) is 3.85. The minimum Gasteiger partial charge on any atom is -0.377 e. The number of anilines is 1. The molecule has 1 aliphatic carbocycles. The fourth-order valence-electron chi connectivity index (χ4n) is 3.85. The van der Waals surface area contributed by atoms with Crippen LogP contribution in [0.4, 0.5) is 5.69 Å². The van der Waals surface area contributed by atoms with E-state index in [4.69, 9.17) is 4.74 Å². The van der Waals surface area contributed by atoms with E-state index in [1.54, 1.807) is 0 Å². The van der Waals surface area contributed by atoms with Crippen molar-refractivity contribution in [2.24, 2.45) is 11.3 Å². The SMILES string of the molecule is CCOCc1ccc(NC(=O)[C@@]23CCCC[C@H]2CNC3)cc1.Cl. The van der Waals surface area contributed by atoms with Gasteiger partial charge in [-0.15, -0.1) is 12.4 Å². The summed E-state index contributed by atoms with van der Waals surface area (Å²) in [5.41, 5.74) is 1.83. The normalized spacial score (nSPS) is 26.2. The maximum absolute atomic E-state index is 12.9. The highest BCUT2D eigenvalue weighted by Gasteiger charge is 2.49. The van der Waals surface area contributed by atoms with Gasteiger partial charge >= 0.3 is 0 Å². The molecule has 0 bridgehead atoms. The molecule has 1 amide bonds. The highest BCUT2D eigenvalue weighted by Crippen LogP contribution is 2.44. The minimum absolute atomic E-state index is 0. The van der Waals surface area contributed by atoms with Gasteiger partial charge in [-0.05, 0) is 49.9 Å². The first-order valence-corrected chi connectivity index (χ1v) is 8.43. The Kier molecular flexibility index (Phi) is 6.45. The molecule has 0 radical (unpaired) electrons. The van der Waals surface area contributed by atoms with Crippen LogP contribution in [0.25, 0.3) is 0 Å². The summed E-state index contributed by atoms with van der Waals surface area (Å²) in [6.45, 7) is 5.15. The van der Waals surface area contributed by atoms with Crippen LogP contribution in [0.5, 0.6) is 0 Å². The minimum atomic E-state index is -0.192. The third kappa shape index (κ3) is 3.87. The summed E-state index contributed by atoms with van der Waals surface area (Å²) in [5.74, 6) is 0.693. The van der Waals surface area contributed by atoms with Gasteiger partial charge in [-0.2, -0.15) is 0 Å². The molecule has 1 aromatic rings. The lowest BCUT2D eigenvalue weighted by Gasteiger charge is -2.37. The first-order valence-electron chi connectivity index (χ1n) is 8.43. The highest BCUT2D eigenvalue weighted by molar-refractivity contribution is 5.96. The third-order valence-corrected chi connectivity index (χ3v) is 5.18. The number of hydrogen-bond donors (Lipinski definition) is 2. The second-order valence-electron chi connectivity index (χ2n) is 6.52. The largest absolute Gasteiger partial charge is 0.377 e. The molecule has 2 N–H and O–H groups in total. The number of carbonyl (C=O) groups is 1. The van der Waals surface area contributed by atoms with Gasteiger partial charge < -0.3 is 15.4 Å². The molecule has 0 aromatic heterocycles. The van der Waals surface area contributed by atoms with E-state index in [0.717, 1.165) is 37.4 Å². The maximum atomic E-state index is 12.9. The van der Waals surface area contributed by atoms with Crippen molar-refractivity contribution in [3.8, 4) is 0 Å². The first kappa shape index (κ1) is 18.2. The Bertz CT molecular complexity index is 520. The molecule has 128 valence electrons. The van der Waals surface area contributed by atoms with Crippen LogP contribution < -0.4 is 10.6 Å². The lowest BCUT2D eigenvalue weighted by Crippen LogP contribution is -2.44. The molecule has 4 nitrogen and oxygen atoms in total. The molecule has 2 fully saturated rings. The quantitative estimate of drug-likeness (QED) is 0.865. The first-order chi connectivity index (χ1) is 10.7. The van der Waals surface area contributed by atoms with Gasteiger partial charge in [-0.1, -0.05) is 25.0 Å². The van der Waals surface area contributed by atoms with Gasteiger partial charge in [0.15, 0.2) is 0 Å². The Hall–Kier alpha value is -1.10. The number of nitrogens with one attached hydrogen (secondary N) is 2. The number of hydrogen-bond acceptors (Lipinski definition) is 3. The van der Waals surface area contributed by atoms with Gasteiger partial charge in [0, 0.05) is 18.8 Å². The van der Waals surface area contributed by atoms with Crippen molar-refractivity contribution in [1.82, 2.24) is 5.32 Å². The second-order valence-corrected chi connectivity index (χ2v) is 6.52. The van der Waals surface area contributed by atoms with E-state index in [2.05, 4.69) is 10.6 Å². The molecule has 23 heavy (non-hydrogen) atoms. The molecule has 1 aliphatic heterocycles. The Morgan fingerprint density at radius 1 is 1.35 bits per heavy atom. The number of ether oxygens (including phenoxy) is 1. The van der Waals surface area contributed by atoms with Crippen LogP contribution in [0.3, 0.4) is 0 Å². The van der Waals surface area contributed by atoms with E-state index < -0.39 is 0 Å². The molecule has 5 heteroatoms. The van der Waals surface area contributed by atoms with E-state index >= 15 is 0 Å². The predicted molar refractivity (Wildman–Crippen MR) is 94.9 cm³/mol. The lowest BCUT2D eigenvalue weighted by molar-refractivity contribution is -0.128.